The molecule has 1 amide bonds. The first-order chi connectivity index (χ1) is 13.6. The van der Waals surface area contributed by atoms with Gasteiger partial charge in [0, 0.05) is 16.8 Å². The highest BCUT2D eigenvalue weighted by Crippen LogP contribution is 2.20. The molecule has 142 valence electrons. The minimum atomic E-state index is -0.546. The molecule has 0 unspecified atom stereocenters. The van der Waals surface area contributed by atoms with E-state index < -0.39 is 6.10 Å². The average Bonchev–Trinajstić information content (AvgIpc) is 2.73. The van der Waals surface area contributed by atoms with E-state index in [1.807, 2.05) is 44.2 Å². The summed E-state index contributed by atoms with van der Waals surface area (Å²) in [4.78, 5) is 24.9. The molecule has 0 radical (unpaired) electrons. The van der Waals surface area contributed by atoms with Gasteiger partial charge in [0.25, 0.3) is 5.91 Å². The van der Waals surface area contributed by atoms with Crippen molar-refractivity contribution in [2.24, 2.45) is 0 Å². The van der Waals surface area contributed by atoms with Crippen molar-refractivity contribution in [3.8, 4) is 5.75 Å². The molecule has 3 rings (SSSR count). The van der Waals surface area contributed by atoms with Crippen molar-refractivity contribution in [1.29, 1.82) is 0 Å². The molecule has 0 aliphatic carbocycles. The molecule has 0 aliphatic heterocycles. The molecule has 3 aromatic rings. The number of hydrogen-bond donors (Lipinski definition) is 1. The Morgan fingerprint density at radius 2 is 1.50 bits per heavy atom. The molecule has 0 saturated carbocycles. The predicted octanol–water partition coefficient (Wildman–Crippen LogP) is 5.29. The van der Waals surface area contributed by atoms with Gasteiger partial charge in [-0.1, -0.05) is 55.0 Å². The van der Waals surface area contributed by atoms with Crippen LogP contribution in [0, 0.1) is 6.92 Å². The molecular formula is C24H23NO3. The number of Topliss-reactive ketones (excluding diaryl/α,β-unsaturated/α-hetero) is 1. The number of rotatable bonds is 7. The van der Waals surface area contributed by atoms with Gasteiger partial charge < -0.3 is 10.1 Å². The third-order valence-electron chi connectivity index (χ3n) is 4.43. The van der Waals surface area contributed by atoms with Crippen molar-refractivity contribution in [2.75, 3.05) is 5.32 Å². The number of anilines is 1. The molecule has 0 bridgehead atoms. The molecule has 0 aliphatic rings. The maximum Gasteiger partial charge on any atom is 0.255 e. The lowest BCUT2D eigenvalue weighted by atomic mass is 10.0. The van der Waals surface area contributed by atoms with Crippen molar-refractivity contribution in [3.63, 3.8) is 0 Å². The third kappa shape index (κ3) is 4.86. The zero-order valence-electron chi connectivity index (χ0n) is 16.0. The normalized spacial score (nSPS) is 11.5. The summed E-state index contributed by atoms with van der Waals surface area (Å²) in [6.45, 7) is 3.90. The minimum Gasteiger partial charge on any atom is -0.482 e. The van der Waals surface area contributed by atoms with E-state index in [9.17, 15) is 9.59 Å². The van der Waals surface area contributed by atoms with Crippen molar-refractivity contribution in [2.45, 2.75) is 26.4 Å². The first-order valence-electron chi connectivity index (χ1n) is 9.31. The largest absolute Gasteiger partial charge is 0.482 e. The number of ether oxygens (including phenoxy) is 1. The quantitative estimate of drug-likeness (QED) is 0.573. The maximum absolute atomic E-state index is 12.6. The Labute approximate surface area is 165 Å². The van der Waals surface area contributed by atoms with Crippen LogP contribution in [-0.4, -0.2) is 17.8 Å². The summed E-state index contributed by atoms with van der Waals surface area (Å²) in [6.07, 6.45) is 0.0232. The van der Waals surface area contributed by atoms with E-state index in [0.29, 0.717) is 29.0 Å². The highest BCUT2D eigenvalue weighted by molar-refractivity contribution is 6.04. The molecule has 3 aromatic carbocycles. The van der Waals surface area contributed by atoms with E-state index in [-0.39, 0.29) is 11.7 Å². The lowest BCUT2D eigenvalue weighted by molar-refractivity contribution is 0.0786. The highest BCUT2D eigenvalue weighted by atomic mass is 16.5. The summed E-state index contributed by atoms with van der Waals surface area (Å²) in [5, 5.41) is 2.86. The molecule has 0 saturated heterocycles. The van der Waals surface area contributed by atoms with Gasteiger partial charge in [0.2, 0.25) is 5.78 Å². The van der Waals surface area contributed by atoms with Gasteiger partial charge in [0.15, 0.2) is 6.10 Å². The standard InChI is InChI=1S/C24H23NO3/c1-3-22(23(26)18-7-5-4-6-8-18)28-21-15-13-20(14-16-21)25-24(27)19-11-9-17(2)10-12-19/h4-16,22H,3H2,1-2H3,(H,25,27)/t22-/m1/s1. The van der Waals surface area contributed by atoms with E-state index in [1.54, 1.807) is 48.5 Å². The number of benzene rings is 3. The second-order valence-electron chi connectivity index (χ2n) is 6.59. The van der Waals surface area contributed by atoms with Crippen molar-refractivity contribution >= 4 is 17.4 Å². The van der Waals surface area contributed by atoms with Crippen LogP contribution in [0.15, 0.2) is 78.9 Å². The van der Waals surface area contributed by atoms with Gasteiger partial charge >= 0.3 is 0 Å². The number of ketones is 1. The molecule has 0 aromatic heterocycles. The van der Waals surface area contributed by atoms with E-state index in [2.05, 4.69) is 5.32 Å². The molecule has 4 heteroatoms. The number of carbonyl (C=O) groups excluding carboxylic acids is 2. The van der Waals surface area contributed by atoms with Gasteiger partial charge in [0.1, 0.15) is 5.75 Å². The highest BCUT2D eigenvalue weighted by Gasteiger charge is 2.20. The Morgan fingerprint density at radius 1 is 0.857 bits per heavy atom. The number of amides is 1. The van der Waals surface area contributed by atoms with Gasteiger partial charge in [-0.15, -0.1) is 0 Å². The fraction of sp³-hybridized carbons (Fsp3) is 0.167. The van der Waals surface area contributed by atoms with Crippen molar-refractivity contribution in [1.82, 2.24) is 0 Å². The van der Waals surface area contributed by atoms with Gasteiger partial charge in [-0.05, 0) is 49.7 Å². The van der Waals surface area contributed by atoms with Crippen LogP contribution in [-0.2, 0) is 0 Å². The Balaban J connectivity index is 1.64. The van der Waals surface area contributed by atoms with E-state index >= 15 is 0 Å². The lowest BCUT2D eigenvalue weighted by Crippen LogP contribution is -2.26. The van der Waals surface area contributed by atoms with Crippen LogP contribution in [0.2, 0.25) is 0 Å². The zero-order chi connectivity index (χ0) is 19.9. The first kappa shape index (κ1) is 19.4. The zero-order valence-corrected chi connectivity index (χ0v) is 16.0. The molecule has 0 heterocycles. The molecule has 28 heavy (non-hydrogen) atoms. The molecule has 0 fully saturated rings. The second-order valence-corrected chi connectivity index (χ2v) is 6.59. The van der Waals surface area contributed by atoms with Gasteiger partial charge in [0.05, 0.1) is 0 Å². The van der Waals surface area contributed by atoms with Crippen LogP contribution < -0.4 is 10.1 Å². The van der Waals surface area contributed by atoms with Crippen LogP contribution in [0.5, 0.6) is 5.75 Å². The van der Waals surface area contributed by atoms with Gasteiger partial charge in [-0.25, -0.2) is 0 Å². The van der Waals surface area contributed by atoms with Gasteiger partial charge in [-0.3, -0.25) is 9.59 Å². The topological polar surface area (TPSA) is 55.4 Å². The first-order valence-corrected chi connectivity index (χ1v) is 9.31. The lowest BCUT2D eigenvalue weighted by Gasteiger charge is -2.17. The summed E-state index contributed by atoms with van der Waals surface area (Å²) in [7, 11) is 0. The SMILES string of the molecule is CC[C@@H](Oc1ccc(NC(=O)c2ccc(C)cc2)cc1)C(=O)c1ccccc1. The van der Waals surface area contributed by atoms with Crippen molar-refractivity contribution < 1.29 is 14.3 Å². The third-order valence-corrected chi connectivity index (χ3v) is 4.43. The molecular weight excluding hydrogens is 350 g/mol. The van der Waals surface area contributed by atoms with Crippen LogP contribution in [0.4, 0.5) is 5.69 Å². The van der Waals surface area contributed by atoms with E-state index in [4.69, 9.17) is 4.74 Å². The molecule has 1 atom stereocenters. The average molecular weight is 373 g/mol. The summed E-state index contributed by atoms with van der Waals surface area (Å²) in [6, 6.07) is 23.6. The number of aryl methyl sites for hydroxylation is 1. The van der Waals surface area contributed by atoms with E-state index in [1.165, 1.54) is 0 Å². The molecule has 4 nitrogen and oxygen atoms in total. The van der Waals surface area contributed by atoms with E-state index in [0.717, 1.165) is 5.56 Å². The summed E-state index contributed by atoms with van der Waals surface area (Å²) < 4.78 is 5.88. The smallest absolute Gasteiger partial charge is 0.255 e. The Bertz CT molecular complexity index is 932. The Hall–Kier alpha value is -3.40. The maximum atomic E-state index is 12.6. The molecule has 1 N–H and O–H groups in total. The van der Waals surface area contributed by atoms with Gasteiger partial charge in [-0.2, -0.15) is 0 Å². The number of carbonyl (C=O) groups is 2. The fourth-order valence-electron chi connectivity index (χ4n) is 2.80. The Morgan fingerprint density at radius 3 is 2.11 bits per heavy atom. The predicted molar refractivity (Wildman–Crippen MR) is 111 cm³/mol. The van der Waals surface area contributed by atoms with Crippen LogP contribution >= 0.6 is 0 Å². The Kier molecular flexibility index (Phi) is 6.22. The number of hydrogen-bond acceptors (Lipinski definition) is 3. The number of nitrogens with one attached hydrogen (secondary N) is 1. The fourth-order valence-corrected chi connectivity index (χ4v) is 2.80. The van der Waals surface area contributed by atoms with Crippen LogP contribution in [0.25, 0.3) is 0 Å². The summed E-state index contributed by atoms with van der Waals surface area (Å²) in [5.74, 6) is 0.378. The monoisotopic (exact) mass is 373 g/mol. The molecule has 0 spiro atoms. The van der Waals surface area contributed by atoms with Crippen LogP contribution in [0.3, 0.4) is 0 Å². The minimum absolute atomic E-state index is 0.0418. The van der Waals surface area contributed by atoms with Crippen LogP contribution in [0.1, 0.15) is 39.6 Å². The van der Waals surface area contributed by atoms with Crippen molar-refractivity contribution in [3.05, 3.63) is 95.6 Å². The second kappa shape index (κ2) is 9.00. The summed E-state index contributed by atoms with van der Waals surface area (Å²) >= 11 is 0. The summed E-state index contributed by atoms with van der Waals surface area (Å²) in [5.41, 5.74) is 3.01.